The Labute approximate surface area is 170 Å². The van der Waals surface area contributed by atoms with Gasteiger partial charge in [-0.1, -0.05) is 26.0 Å². The molecular formula is C22H37N5O. The number of carbonyl (C=O) groups excluding carboxylic acids is 1. The van der Waals surface area contributed by atoms with Crippen molar-refractivity contribution >= 4 is 11.9 Å². The number of likely N-dealkylation sites (tertiary alicyclic amines) is 1. The summed E-state index contributed by atoms with van der Waals surface area (Å²) in [5.74, 6) is 0.806. The first kappa shape index (κ1) is 22.2. The summed E-state index contributed by atoms with van der Waals surface area (Å²) >= 11 is 0. The second-order valence-electron chi connectivity index (χ2n) is 7.67. The highest BCUT2D eigenvalue weighted by Crippen LogP contribution is 2.11. The molecule has 1 aromatic carbocycles. The molecule has 1 saturated heterocycles. The molecule has 1 aliphatic rings. The average Bonchev–Trinajstić information content (AvgIpc) is 2.72. The van der Waals surface area contributed by atoms with Crippen molar-refractivity contribution in [3.8, 4) is 0 Å². The fourth-order valence-corrected chi connectivity index (χ4v) is 3.42. The number of rotatable bonds is 8. The molecule has 156 valence electrons. The molecule has 0 aromatic heterocycles. The minimum absolute atomic E-state index is 0.0162. The van der Waals surface area contributed by atoms with E-state index in [1.165, 1.54) is 13.0 Å². The van der Waals surface area contributed by atoms with Gasteiger partial charge < -0.3 is 20.9 Å². The first-order valence-electron chi connectivity index (χ1n) is 10.6. The zero-order chi connectivity index (χ0) is 20.4. The van der Waals surface area contributed by atoms with Crippen LogP contribution < -0.4 is 16.0 Å². The molecule has 1 amide bonds. The molecule has 2 rings (SSSR count). The Kier molecular flexibility index (Phi) is 9.28. The largest absolute Gasteiger partial charge is 0.354 e. The summed E-state index contributed by atoms with van der Waals surface area (Å²) in [6.45, 7) is 10.5. The third-order valence-corrected chi connectivity index (χ3v) is 5.33. The number of carbonyl (C=O) groups is 1. The van der Waals surface area contributed by atoms with Gasteiger partial charge in [0.2, 0.25) is 0 Å². The molecular weight excluding hydrogens is 350 g/mol. The van der Waals surface area contributed by atoms with Crippen LogP contribution in [0.5, 0.6) is 0 Å². The third kappa shape index (κ3) is 7.15. The van der Waals surface area contributed by atoms with E-state index in [9.17, 15) is 4.79 Å². The maximum Gasteiger partial charge on any atom is 0.251 e. The van der Waals surface area contributed by atoms with Crippen LogP contribution in [0, 0.1) is 0 Å². The smallest absolute Gasteiger partial charge is 0.251 e. The summed E-state index contributed by atoms with van der Waals surface area (Å²) < 4.78 is 0. The van der Waals surface area contributed by atoms with Gasteiger partial charge in [-0.05, 0) is 56.8 Å². The molecule has 0 aliphatic carbocycles. The molecule has 1 atom stereocenters. The lowest BCUT2D eigenvalue weighted by molar-refractivity contribution is 0.0939. The molecule has 6 heteroatoms. The Morgan fingerprint density at radius 3 is 2.68 bits per heavy atom. The maximum atomic E-state index is 12.3. The molecule has 1 fully saturated rings. The second-order valence-corrected chi connectivity index (χ2v) is 7.67. The minimum Gasteiger partial charge on any atom is -0.354 e. The molecule has 1 aliphatic heterocycles. The summed E-state index contributed by atoms with van der Waals surface area (Å²) in [6.07, 6.45) is 4.43. The number of benzene rings is 1. The van der Waals surface area contributed by atoms with Crippen molar-refractivity contribution in [3.05, 3.63) is 35.4 Å². The average molecular weight is 388 g/mol. The van der Waals surface area contributed by atoms with Gasteiger partial charge in [-0.2, -0.15) is 0 Å². The van der Waals surface area contributed by atoms with Crippen LogP contribution in [0.4, 0.5) is 0 Å². The predicted octanol–water partition coefficient (Wildman–Crippen LogP) is 2.75. The summed E-state index contributed by atoms with van der Waals surface area (Å²) in [5.41, 5.74) is 1.77. The number of hydrogen-bond donors (Lipinski definition) is 3. The van der Waals surface area contributed by atoms with Crippen LogP contribution >= 0.6 is 0 Å². The van der Waals surface area contributed by atoms with Gasteiger partial charge >= 0.3 is 0 Å². The van der Waals surface area contributed by atoms with Gasteiger partial charge in [-0.15, -0.1) is 0 Å². The predicted molar refractivity (Wildman–Crippen MR) is 117 cm³/mol. The van der Waals surface area contributed by atoms with Crippen LogP contribution in [0.2, 0.25) is 0 Å². The third-order valence-electron chi connectivity index (χ3n) is 5.33. The van der Waals surface area contributed by atoms with E-state index in [0.29, 0.717) is 18.2 Å². The first-order valence-corrected chi connectivity index (χ1v) is 10.6. The molecule has 1 heterocycles. The van der Waals surface area contributed by atoms with Crippen LogP contribution in [0.3, 0.4) is 0 Å². The number of hydrogen-bond acceptors (Lipinski definition) is 3. The van der Waals surface area contributed by atoms with E-state index in [-0.39, 0.29) is 11.9 Å². The topological polar surface area (TPSA) is 68.8 Å². The van der Waals surface area contributed by atoms with Gasteiger partial charge in [0.05, 0.1) is 0 Å². The highest BCUT2D eigenvalue weighted by molar-refractivity contribution is 5.94. The quantitative estimate of drug-likeness (QED) is 0.474. The molecule has 0 bridgehead atoms. The highest BCUT2D eigenvalue weighted by Gasteiger charge is 2.19. The summed E-state index contributed by atoms with van der Waals surface area (Å²) in [4.78, 5) is 19.2. The molecule has 3 N–H and O–H groups in total. The zero-order valence-electron chi connectivity index (χ0n) is 17.9. The summed E-state index contributed by atoms with van der Waals surface area (Å²) in [5, 5.41) is 9.94. The van der Waals surface area contributed by atoms with E-state index in [1.54, 1.807) is 7.05 Å². The lowest BCUT2D eigenvalue weighted by atomic mass is 10.1. The fraction of sp³-hybridized carbons (Fsp3) is 0.636. The molecule has 1 aromatic rings. The number of piperidine rings is 1. The van der Waals surface area contributed by atoms with Crippen LogP contribution in [-0.4, -0.2) is 55.5 Å². The molecule has 0 saturated carbocycles. The van der Waals surface area contributed by atoms with Crippen molar-refractivity contribution in [1.82, 2.24) is 20.9 Å². The normalized spacial score (nSPS) is 17.2. The zero-order valence-corrected chi connectivity index (χ0v) is 17.9. The Balaban J connectivity index is 1.83. The number of amides is 1. The Bertz CT molecular complexity index is 638. The monoisotopic (exact) mass is 387 g/mol. The van der Waals surface area contributed by atoms with Crippen LogP contribution in [0.15, 0.2) is 29.3 Å². The standard InChI is InChI=1S/C22H37N5O/c1-5-12-27-13-10-20(11-14-27)26-22(23-4)24-16-18-8-7-9-19(15-18)21(28)25-17(3)6-2/h7-9,15,17,20H,5-6,10-14,16H2,1-4H3,(H,25,28)(H2,23,24,26). The van der Waals surface area contributed by atoms with Crippen molar-refractivity contribution in [2.24, 2.45) is 4.99 Å². The second kappa shape index (κ2) is 11.7. The Morgan fingerprint density at radius 1 is 1.29 bits per heavy atom. The van der Waals surface area contributed by atoms with Gasteiger partial charge in [0.1, 0.15) is 0 Å². The van der Waals surface area contributed by atoms with Crippen molar-refractivity contribution in [2.45, 2.75) is 65.1 Å². The van der Waals surface area contributed by atoms with Crippen molar-refractivity contribution in [3.63, 3.8) is 0 Å². The first-order chi connectivity index (χ1) is 13.5. The van der Waals surface area contributed by atoms with Crippen molar-refractivity contribution in [1.29, 1.82) is 0 Å². The van der Waals surface area contributed by atoms with Crippen LogP contribution in [-0.2, 0) is 6.54 Å². The highest BCUT2D eigenvalue weighted by atomic mass is 16.1. The van der Waals surface area contributed by atoms with Gasteiger partial charge in [0, 0.05) is 44.3 Å². The molecule has 1 unspecified atom stereocenters. The van der Waals surface area contributed by atoms with E-state index in [1.807, 2.05) is 31.2 Å². The number of guanidine groups is 1. The lowest BCUT2D eigenvalue weighted by Gasteiger charge is -2.32. The van der Waals surface area contributed by atoms with Crippen molar-refractivity contribution < 1.29 is 4.79 Å². The van der Waals surface area contributed by atoms with Crippen molar-refractivity contribution in [2.75, 3.05) is 26.7 Å². The Morgan fingerprint density at radius 2 is 2.04 bits per heavy atom. The van der Waals surface area contributed by atoms with Gasteiger partial charge in [0.25, 0.3) is 5.91 Å². The van der Waals surface area contributed by atoms with Gasteiger partial charge in [-0.25, -0.2) is 0 Å². The van der Waals surface area contributed by atoms with E-state index >= 15 is 0 Å². The SMILES string of the molecule is CCCN1CCC(NC(=NC)NCc2cccc(C(=O)NC(C)CC)c2)CC1. The van der Waals surface area contributed by atoms with Gasteiger partial charge in [-0.3, -0.25) is 9.79 Å². The van der Waals surface area contributed by atoms with E-state index in [4.69, 9.17) is 0 Å². The van der Waals surface area contributed by atoms with E-state index in [0.717, 1.165) is 43.9 Å². The minimum atomic E-state index is -0.0162. The number of nitrogens with zero attached hydrogens (tertiary/aromatic N) is 2. The fourth-order valence-electron chi connectivity index (χ4n) is 3.42. The van der Waals surface area contributed by atoms with E-state index < -0.39 is 0 Å². The Hall–Kier alpha value is -2.08. The maximum absolute atomic E-state index is 12.3. The van der Waals surface area contributed by atoms with Gasteiger partial charge in [0.15, 0.2) is 5.96 Å². The molecule has 28 heavy (non-hydrogen) atoms. The van der Waals surface area contributed by atoms with Crippen LogP contribution in [0.25, 0.3) is 0 Å². The summed E-state index contributed by atoms with van der Waals surface area (Å²) in [6, 6.07) is 8.42. The molecule has 0 radical (unpaired) electrons. The van der Waals surface area contributed by atoms with E-state index in [2.05, 4.69) is 39.7 Å². The van der Waals surface area contributed by atoms with Crippen LogP contribution in [0.1, 0.15) is 62.4 Å². The number of nitrogens with one attached hydrogen (secondary N) is 3. The molecule has 6 nitrogen and oxygen atoms in total. The summed E-state index contributed by atoms with van der Waals surface area (Å²) in [7, 11) is 1.80. The lowest BCUT2D eigenvalue weighted by Crippen LogP contribution is -2.48. The number of aliphatic imine (C=N–C) groups is 1. The molecule has 0 spiro atoms.